The van der Waals surface area contributed by atoms with Crippen molar-refractivity contribution >= 4 is 19.6 Å². The number of hydrogen-bond acceptors (Lipinski definition) is 7. The van der Waals surface area contributed by atoms with E-state index in [0.29, 0.717) is 29.9 Å². The second-order valence-corrected chi connectivity index (χ2v) is 7.45. The third kappa shape index (κ3) is 3.69. The molecule has 3 aromatic rings. The lowest BCUT2D eigenvalue weighted by atomic mass is 10.0. The van der Waals surface area contributed by atoms with Crippen LogP contribution in [0.15, 0.2) is 48.8 Å². The summed E-state index contributed by atoms with van der Waals surface area (Å²) in [6.45, 7) is -0.944. The standard InChI is InChI=1S/C18H19FN4O4P/c19-10-18(11-25-28(24)27-13-4-2-1-3-5-13)9-8-16(26-18)14-6-7-15-17(20)21-12-22-23(14)15/h1-7,12,16H,8-11H2,(H2,20,21,22)/q+1/t16-,18-/m1/s1. The molecule has 3 atom stereocenters. The van der Waals surface area contributed by atoms with Gasteiger partial charge in [0.05, 0.1) is 5.69 Å². The van der Waals surface area contributed by atoms with Gasteiger partial charge in [-0.2, -0.15) is 5.10 Å². The highest BCUT2D eigenvalue weighted by Crippen LogP contribution is 2.42. The number of halogens is 1. The molecule has 2 N–H and O–H groups in total. The Morgan fingerprint density at radius 2 is 2.14 bits per heavy atom. The van der Waals surface area contributed by atoms with Crippen LogP contribution >= 0.6 is 8.25 Å². The SMILES string of the molecule is Nc1ncnn2c([C@H]3CC[C@@](CF)(CO[P+](=O)Oc4ccccc4)O3)ccc12. The van der Waals surface area contributed by atoms with Gasteiger partial charge in [0.1, 0.15) is 36.8 Å². The van der Waals surface area contributed by atoms with Crippen molar-refractivity contribution in [2.24, 2.45) is 0 Å². The fraction of sp³-hybridized carbons (Fsp3) is 0.333. The van der Waals surface area contributed by atoms with Crippen LogP contribution in [0.1, 0.15) is 24.6 Å². The first-order valence-corrected chi connectivity index (χ1v) is 9.85. The van der Waals surface area contributed by atoms with E-state index in [-0.39, 0.29) is 12.7 Å². The number of hydrogen-bond donors (Lipinski definition) is 1. The number of rotatable bonds is 7. The van der Waals surface area contributed by atoms with E-state index >= 15 is 0 Å². The van der Waals surface area contributed by atoms with Crippen molar-refractivity contribution in [1.82, 2.24) is 14.6 Å². The number of anilines is 1. The Morgan fingerprint density at radius 3 is 2.93 bits per heavy atom. The second kappa shape index (κ2) is 7.79. The van der Waals surface area contributed by atoms with Crippen molar-refractivity contribution in [1.29, 1.82) is 0 Å². The van der Waals surface area contributed by atoms with Gasteiger partial charge in [-0.25, -0.2) is 18.4 Å². The van der Waals surface area contributed by atoms with Crippen LogP contribution in [0.4, 0.5) is 10.2 Å². The van der Waals surface area contributed by atoms with E-state index in [4.69, 9.17) is 19.5 Å². The molecule has 1 aromatic carbocycles. The number of nitrogen functional groups attached to an aromatic ring is 1. The highest BCUT2D eigenvalue weighted by molar-refractivity contribution is 7.33. The van der Waals surface area contributed by atoms with E-state index in [0.717, 1.165) is 5.69 Å². The van der Waals surface area contributed by atoms with Gasteiger partial charge in [-0.3, -0.25) is 0 Å². The quantitative estimate of drug-likeness (QED) is 0.599. The number of ether oxygens (including phenoxy) is 1. The molecular formula is C18H19FN4O4P+. The van der Waals surface area contributed by atoms with Crippen molar-refractivity contribution in [2.75, 3.05) is 19.0 Å². The summed E-state index contributed by atoms with van der Waals surface area (Å²) in [6.07, 6.45) is 1.96. The number of fused-ring (bicyclic) bond motifs is 1. The molecule has 146 valence electrons. The van der Waals surface area contributed by atoms with Crippen LogP contribution < -0.4 is 10.3 Å². The van der Waals surface area contributed by atoms with Crippen LogP contribution in [-0.2, 0) is 13.8 Å². The Kier molecular flexibility index (Phi) is 5.21. The van der Waals surface area contributed by atoms with Crippen molar-refractivity contribution in [2.45, 2.75) is 24.5 Å². The minimum Gasteiger partial charge on any atom is -0.382 e. The number of para-hydroxylation sites is 1. The van der Waals surface area contributed by atoms with Gasteiger partial charge < -0.3 is 10.5 Å². The zero-order chi connectivity index (χ0) is 19.6. The zero-order valence-electron chi connectivity index (χ0n) is 14.9. The van der Waals surface area contributed by atoms with Gasteiger partial charge in [-0.05, 0) is 37.1 Å². The maximum Gasteiger partial charge on any atom is 0.750 e. The van der Waals surface area contributed by atoms with E-state index in [2.05, 4.69) is 10.1 Å². The summed E-state index contributed by atoms with van der Waals surface area (Å²) in [5.41, 5.74) is 6.09. The fourth-order valence-electron chi connectivity index (χ4n) is 3.25. The minimum atomic E-state index is -2.44. The summed E-state index contributed by atoms with van der Waals surface area (Å²) < 4.78 is 44.0. The monoisotopic (exact) mass is 405 g/mol. The van der Waals surface area contributed by atoms with Crippen molar-refractivity contribution in [3.63, 3.8) is 0 Å². The maximum atomic E-state index is 13.8. The largest absolute Gasteiger partial charge is 0.750 e. The van der Waals surface area contributed by atoms with E-state index in [1.54, 1.807) is 34.8 Å². The first kappa shape index (κ1) is 18.7. The molecular weight excluding hydrogens is 386 g/mol. The molecule has 3 heterocycles. The summed E-state index contributed by atoms with van der Waals surface area (Å²) in [4.78, 5) is 3.95. The fourth-order valence-corrected chi connectivity index (χ4v) is 3.93. The number of alkyl halides is 1. The Labute approximate surface area is 161 Å². The van der Waals surface area contributed by atoms with Crippen LogP contribution in [0.2, 0.25) is 0 Å². The highest BCUT2D eigenvalue weighted by atomic mass is 31.1. The minimum absolute atomic E-state index is 0.178. The molecule has 1 saturated heterocycles. The van der Waals surface area contributed by atoms with Gasteiger partial charge in [0.2, 0.25) is 0 Å². The molecule has 10 heteroatoms. The summed E-state index contributed by atoms with van der Waals surface area (Å²) >= 11 is 0. The molecule has 4 rings (SSSR count). The third-order valence-corrected chi connectivity index (χ3v) is 5.39. The average Bonchev–Trinajstić information content (AvgIpc) is 3.33. The Morgan fingerprint density at radius 1 is 1.32 bits per heavy atom. The van der Waals surface area contributed by atoms with E-state index in [9.17, 15) is 8.96 Å². The predicted octanol–water partition coefficient (Wildman–Crippen LogP) is 3.62. The summed E-state index contributed by atoms with van der Waals surface area (Å²) in [5.74, 6) is 0.773. The Balaban J connectivity index is 1.42. The topological polar surface area (TPSA) is 101 Å². The zero-order valence-corrected chi connectivity index (χ0v) is 15.8. The molecule has 1 fully saturated rings. The van der Waals surface area contributed by atoms with Crippen LogP contribution in [0.3, 0.4) is 0 Å². The molecule has 0 aliphatic carbocycles. The van der Waals surface area contributed by atoms with Crippen LogP contribution in [0.25, 0.3) is 5.52 Å². The molecule has 2 aromatic heterocycles. The molecule has 1 unspecified atom stereocenters. The lowest BCUT2D eigenvalue weighted by molar-refractivity contribution is -0.0822. The van der Waals surface area contributed by atoms with E-state index in [1.807, 2.05) is 12.1 Å². The third-order valence-electron chi connectivity index (χ3n) is 4.70. The number of benzene rings is 1. The molecule has 0 spiro atoms. The Hall–Kier alpha value is -2.61. The van der Waals surface area contributed by atoms with Gasteiger partial charge in [0, 0.05) is 4.57 Å². The van der Waals surface area contributed by atoms with Crippen molar-refractivity contribution < 1.29 is 22.7 Å². The first-order valence-electron chi connectivity index (χ1n) is 8.75. The maximum absolute atomic E-state index is 13.8. The molecule has 0 radical (unpaired) electrons. The van der Waals surface area contributed by atoms with Gasteiger partial charge in [-0.1, -0.05) is 18.2 Å². The summed E-state index contributed by atoms with van der Waals surface area (Å²) in [7, 11) is -2.44. The predicted molar refractivity (Wildman–Crippen MR) is 99.8 cm³/mol. The average molecular weight is 405 g/mol. The first-order chi connectivity index (χ1) is 13.6. The molecule has 0 bridgehead atoms. The van der Waals surface area contributed by atoms with Gasteiger partial charge >= 0.3 is 8.25 Å². The Bertz CT molecular complexity index is 986. The summed E-state index contributed by atoms with van der Waals surface area (Å²) in [5, 5.41) is 4.19. The summed E-state index contributed by atoms with van der Waals surface area (Å²) in [6, 6.07) is 12.3. The smallest absolute Gasteiger partial charge is 0.382 e. The molecule has 28 heavy (non-hydrogen) atoms. The normalized spacial score (nSPS) is 22.5. The highest BCUT2D eigenvalue weighted by Gasteiger charge is 2.45. The molecule has 0 saturated carbocycles. The van der Waals surface area contributed by atoms with Gasteiger partial charge in [0.15, 0.2) is 11.6 Å². The molecule has 8 nitrogen and oxygen atoms in total. The van der Waals surface area contributed by atoms with Crippen LogP contribution in [0.5, 0.6) is 5.75 Å². The van der Waals surface area contributed by atoms with Crippen molar-refractivity contribution in [3.05, 3.63) is 54.5 Å². The lowest BCUT2D eigenvalue weighted by Crippen LogP contribution is -2.36. The second-order valence-electron chi connectivity index (χ2n) is 6.56. The lowest BCUT2D eigenvalue weighted by Gasteiger charge is -2.23. The van der Waals surface area contributed by atoms with E-state index in [1.165, 1.54) is 6.33 Å². The van der Waals surface area contributed by atoms with Gasteiger partial charge in [-0.15, -0.1) is 4.52 Å². The van der Waals surface area contributed by atoms with E-state index < -0.39 is 20.5 Å². The van der Waals surface area contributed by atoms with Crippen molar-refractivity contribution in [3.8, 4) is 5.75 Å². The molecule has 0 amide bonds. The van der Waals surface area contributed by atoms with Crippen LogP contribution in [0, 0.1) is 0 Å². The number of aromatic nitrogens is 3. The van der Waals surface area contributed by atoms with Crippen LogP contribution in [-0.4, -0.2) is 33.5 Å². The number of nitrogens with two attached hydrogens (primary N) is 1. The van der Waals surface area contributed by atoms with Gasteiger partial charge in [0.25, 0.3) is 0 Å². The molecule has 1 aliphatic heterocycles. The molecule has 1 aliphatic rings. The number of nitrogens with zero attached hydrogens (tertiary/aromatic N) is 3.